The maximum atomic E-state index is 11.5. The van der Waals surface area contributed by atoms with E-state index in [4.69, 9.17) is 0 Å². The normalized spacial score (nSPS) is 11.8. The molecule has 0 bridgehead atoms. The number of aromatic nitrogens is 3. The van der Waals surface area contributed by atoms with Crippen LogP contribution in [0.1, 0.15) is 43.9 Å². The van der Waals surface area contributed by atoms with Crippen LogP contribution >= 0.6 is 0 Å². The molecule has 0 spiro atoms. The van der Waals surface area contributed by atoms with E-state index in [-0.39, 0.29) is 11.5 Å². The quantitative estimate of drug-likeness (QED) is 0.442. The summed E-state index contributed by atoms with van der Waals surface area (Å²) in [5.74, 6) is 0.231. The highest BCUT2D eigenvalue weighted by Gasteiger charge is 1.99. The van der Waals surface area contributed by atoms with Gasteiger partial charge in [0, 0.05) is 0 Å². The second-order valence-corrected chi connectivity index (χ2v) is 5.55. The Hall–Kier alpha value is -2.76. The van der Waals surface area contributed by atoms with Crippen molar-refractivity contribution in [2.75, 3.05) is 5.43 Å². The summed E-state index contributed by atoms with van der Waals surface area (Å²) in [5, 5.41) is 11.8. The number of anilines is 1. The van der Waals surface area contributed by atoms with Crippen LogP contribution in [0.5, 0.6) is 0 Å². The molecule has 2 N–H and O–H groups in total. The number of unbranched alkanes of at least 4 members (excludes halogenated alkanes) is 2. The summed E-state index contributed by atoms with van der Waals surface area (Å²) in [6.45, 7) is 3.79. The van der Waals surface area contributed by atoms with E-state index in [9.17, 15) is 4.79 Å². The molecule has 126 valence electrons. The van der Waals surface area contributed by atoms with Crippen LogP contribution in [0.25, 0.3) is 6.08 Å². The van der Waals surface area contributed by atoms with E-state index in [2.05, 4.69) is 50.8 Å². The maximum Gasteiger partial charge on any atom is 0.274 e. The topological polar surface area (TPSA) is 83.0 Å². The van der Waals surface area contributed by atoms with E-state index < -0.39 is 0 Å². The minimum absolute atomic E-state index is 0.231. The molecule has 1 aromatic carbocycles. The second kappa shape index (κ2) is 9.39. The molecule has 0 amide bonds. The monoisotopic (exact) mass is 325 g/mol. The van der Waals surface area contributed by atoms with E-state index in [1.807, 2.05) is 18.2 Å². The van der Waals surface area contributed by atoms with E-state index in [1.54, 1.807) is 13.1 Å². The summed E-state index contributed by atoms with van der Waals surface area (Å²) < 4.78 is 0. The zero-order chi connectivity index (χ0) is 17.2. The van der Waals surface area contributed by atoms with Gasteiger partial charge in [-0.2, -0.15) is 5.10 Å². The van der Waals surface area contributed by atoms with Crippen molar-refractivity contribution in [3.8, 4) is 0 Å². The van der Waals surface area contributed by atoms with Crippen molar-refractivity contribution in [2.45, 2.75) is 39.5 Å². The largest absolute Gasteiger partial charge is 0.288 e. The first-order valence-electron chi connectivity index (χ1n) is 8.17. The fourth-order valence-electron chi connectivity index (χ4n) is 2.14. The fraction of sp³-hybridized carbons (Fsp3) is 0.333. The van der Waals surface area contributed by atoms with E-state index in [0.29, 0.717) is 5.69 Å². The van der Waals surface area contributed by atoms with Crippen LogP contribution in [-0.2, 0) is 0 Å². The molecule has 1 heterocycles. The maximum absolute atomic E-state index is 11.5. The summed E-state index contributed by atoms with van der Waals surface area (Å²) in [7, 11) is 0. The lowest BCUT2D eigenvalue weighted by molar-refractivity contribution is 0.724. The average molecular weight is 325 g/mol. The molecule has 1 aromatic heterocycles. The van der Waals surface area contributed by atoms with Gasteiger partial charge in [0.15, 0.2) is 0 Å². The van der Waals surface area contributed by atoms with Gasteiger partial charge in [-0.15, -0.1) is 10.2 Å². The minimum Gasteiger partial charge on any atom is -0.288 e. The summed E-state index contributed by atoms with van der Waals surface area (Å²) in [5.41, 5.74) is 5.03. The summed E-state index contributed by atoms with van der Waals surface area (Å²) >= 11 is 0. The van der Waals surface area contributed by atoms with Crippen molar-refractivity contribution in [3.05, 3.63) is 57.5 Å². The number of allylic oxidation sites excluding steroid dienone is 1. The minimum atomic E-state index is -0.273. The predicted octanol–water partition coefficient (Wildman–Crippen LogP) is 3.53. The third-order valence-electron chi connectivity index (χ3n) is 3.48. The molecule has 0 fully saturated rings. The number of benzene rings is 1. The zero-order valence-corrected chi connectivity index (χ0v) is 14.1. The van der Waals surface area contributed by atoms with Gasteiger partial charge in [-0.3, -0.25) is 9.78 Å². The Balaban J connectivity index is 2.07. The zero-order valence-electron chi connectivity index (χ0n) is 14.1. The molecule has 6 nitrogen and oxygen atoms in total. The SMILES string of the molecule is CCCCCC(/C=N\Nc1nnc(C)c(=O)[nH]1)=C\c1ccccc1. The van der Waals surface area contributed by atoms with Crippen molar-refractivity contribution in [3.63, 3.8) is 0 Å². The van der Waals surface area contributed by atoms with Crippen molar-refractivity contribution >= 4 is 18.2 Å². The molecule has 0 aliphatic rings. The molecule has 0 saturated carbocycles. The molecule has 2 rings (SSSR count). The van der Waals surface area contributed by atoms with Gasteiger partial charge in [-0.1, -0.05) is 56.2 Å². The Labute approximate surface area is 141 Å². The van der Waals surface area contributed by atoms with Crippen molar-refractivity contribution in [2.24, 2.45) is 5.10 Å². The first kappa shape index (κ1) is 17.6. The van der Waals surface area contributed by atoms with Gasteiger partial charge in [0.25, 0.3) is 5.56 Å². The van der Waals surface area contributed by atoms with E-state index in [0.717, 1.165) is 24.0 Å². The molecule has 0 atom stereocenters. The van der Waals surface area contributed by atoms with Crippen LogP contribution in [0.3, 0.4) is 0 Å². The summed E-state index contributed by atoms with van der Waals surface area (Å²) in [6.07, 6.45) is 8.30. The van der Waals surface area contributed by atoms with Gasteiger partial charge in [-0.05, 0) is 30.9 Å². The highest BCUT2D eigenvalue weighted by molar-refractivity contribution is 5.85. The first-order chi connectivity index (χ1) is 11.7. The Morgan fingerprint density at radius 2 is 2.04 bits per heavy atom. The van der Waals surface area contributed by atoms with Crippen LogP contribution in [0.4, 0.5) is 5.95 Å². The molecule has 2 aromatic rings. The molecular formula is C18H23N5O. The average Bonchev–Trinajstić information content (AvgIpc) is 2.59. The Morgan fingerprint density at radius 1 is 1.25 bits per heavy atom. The molecule has 0 aliphatic heterocycles. The lowest BCUT2D eigenvalue weighted by Gasteiger charge is -2.03. The van der Waals surface area contributed by atoms with E-state index in [1.165, 1.54) is 12.8 Å². The van der Waals surface area contributed by atoms with Gasteiger partial charge in [0.05, 0.1) is 6.21 Å². The van der Waals surface area contributed by atoms with Crippen molar-refractivity contribution in [1.29, 1.82) is 0 Å². The second-order valence-electron chi connectivity index (χ2n) is 5.55. The number of nitrogens with zero attached hydrogens (tertiary/aromatic N) is 3. The molecule has 0 aliphatic carbocycles. The Morgan fingerprint density at radius 3 is 2.75 bits per heavy atom. The molecule has 0 unspecified atom stereocenters. The Bertz CT molecular complexity index is 750. The van der Waals surface area contributed by atoms with Crippen LogP contribution in [-0.4, -0.2) is 21.4 Å². The van der Waals surface area contributed by atoms with Gasteiger partial charge in [-0.25, -0.2) is 5.43 Å². The number of aryl methyl sites for hydroxylation is 1. The number of hydrogen-bond acceptors (Lipinski definition) is 5. The van der Waals surface area contributed by atoms with Crippen LogP contribution in [0.15, 0.2) is 45.8 Å². The molecule has 0 saturated heterocycles. The smallest absolute Gasteiger partial charge is 0.274 e. The van der Waals surface area contributed by atoms with Crippen LogP contribution in [0, 0.1) is 6.92 Å². The molecular weight excluding hydrogens is 302 g/mol. The standard InChI is InChI=1S/C18H23N5O/c1-3-4-6-11-16(12-15-9-7-5-8-10-15)13-19-22-18-20-17(24)14(2)21-23-18/h5,7-10,12-13H,3-4,6,11H2,1-2H3,(H2,20,22,23,24)/b16-12+,19-13-. The molecule has 24 heavy (non-hydrogen) atoms. The number of hydrogen-bond donors (Lipinski definition) is 2. The predicted molar refractivity (Wildman–Crippen MR) is 98.1 cm³/mol. The first-order valence-corrected chi connectivity index (χ1v) is 8.17. The number of aromatic amines is 1. The summed E-state index contributed by atoms with van der Waals surface area (Å²) in [6, 6.07) is 10.1. The van der Waals surface area contributed by atoms with Crippen molar-refractivity contribution in [1.82, 2.24) is 15.2 Å². The van der Waals surface area contributed by atoms with Gasteiger partial charge >= 0.3 is 0 Å². The highest BCUT2D eigenvalue weighted by atomic mass is 16.1. The van der Waals surface area contributed by atoms with Crippen molar-refractivity contribution < 1.29 is 0 Å². The van der Waals surface area contributed by atoms with Gasteiger partial charge in [0.1, 0.15) is 5.69 Å². The lowest BCUT2D eigenvalue weighted by atomic mass is 10.1. The number of nitrogens with one attached hydrogen (secondary N) is 2. The fourth-order valence-corrected chi connectivity index (χ4v) is 2.14. The number of H-pyrrole nitrogens is 1. The number of rotatable bonds is 8. The third kappa shape index (κ3) is 5.79. The van der Waals surface area contributed by atoms with Crippen LogP contribution < -0.4 is 11.0 Å². The van der Waals surface area contributed by atoms with Gasteiger partial charge in [0.2, 0.25) is 5.95 Å². The number of hydrazone groups is 1. The molecule has 6 heteroatoms. The third-order valence-corrected chi connectivity index (χ3v) is 3.48. The van der Waals surface area contributed by atoms with Crippen LogP contribution in [0.2, 0.25) is 0 Å². The van der Waals surface area contributed by atoms with E-state index >= 15 is 0 Å². The Kier molecular flexibility index (Phi) is 6.89. The molecule has 0 radical (unpaired) electrons. The van der Waals surface area contributed by atoms with Gasteiger partial charge < -0.3 is 0 Å². The highest BCUT2D eigenvalue weighted by Crippen LogP contribution is 2.12. The summed E-state index contributed by atoms with van der Waals surface area (Å²) in [4.78, 5) is 14.1. The lowest BCUT2D eigenvalue weighted by Crippen LogP contribution is -2.15.